The maximum absolute atomic E-state index is 11.2. The molecule has 0 unspecified atom stereocenters. The fraction of sp³-hybridized carbons (Fsp3) is 0.462. The smallest absolute Gasteiger partial charge is 0.305 e. The van der Waals surface area contributed by atoms with Gasteiger partial charge in [-0.2, -0.15) is 0 Å². The standard InChI is InChI=1S/C13H18O5/c1-16-10-6-9(8-14)11(12(7-10)17-2)4-5-13(15)18-3/h6-7,14H,4-5,8H2,1-3H3. The topological polar surface area (TPSA) is 65.0 Å². The summed E-state index contributed by atoms with van der Waals surface area (Å²) in [5.41, 5.74) is 1.49. The van der Waals surface area contributed by atoms with Crippen molar-refractivity contribution < 1.29 is 24.1 Å². The van der Waals surface area contributed by atoms with Crippen LogP contribution in [0.1, 0.15) is 17.5 Å². The molecule has 1 N–H and O–H groups in total. The van der Waals surface area contributed by atoms with Gasteiger partial charge in [0.25, 0.3) is 0 Å². The van der Waals surface area contributed by atoms with Crippen LogP contribution in [0.15, 0.2) is 12.1 Å². The van der Waals surface area contributed by atoms with Gasteiger partial charge in [0, 0.05) is 18.1 Å². The van der Waals surface area contributed by atoms with Gasteiger partial charge in [0.15, 0.2) is 0 Å². The number of hydrogen-bond donors (Lipinski definition) is 1. The molecule has 0 atom stereocenters. The van der Waals surface area contributed by atoms with E-state index < -0.39 is 0 Å². The summed E-state index contributed by atoms with van der Waals surface area (Å²) in [6, 6.07) is 3.46. The SMILES string of the molecule is COC(=O)CCc1c(CO)cc(OC)cc1OC. The molecular formula is C13H18O5. The van der Waals surface area contributed by atoms with Crippen LogP contribution in [0.4, 0.5) is 0 Å². The lowest BCUT2D eigenvalue weighted by atomic mass is 10.0. The number of methoxy groups -OCH3 is 3. The number of carbonyl (C=O) groups is 1. The Hall–Kier alpha value is -1.75. The number of esters is 1. The van der Waals surface area contributed by atoms with Crippen molar-refractivity contribution in [2.24, 2.45) is 0 Å². The predicted molar refractivity (Wildman–Crippen MR) is 65.8 cm³/mol. The summed E-state index contributed by atoms with van der Waals surface area (Å²) < 4.78 is 15.0. The first-order valence-corrected chi connectivity index (χ1v) is 5.57. The first-order chi connectivity index (χ1) is 8.65. The van der Waals surface area contributed by atoms with Crippen molar-refractivity contribution in [3.8, 4) is 11.5 Å². The van der Waals surface area contributed by atoms with E-state index in [0.29, 0.717) is 23.5 Å². The molecule has 100 valence electrons. The molecule has 1 aromatic rings. The van der Waals surface area contributed by atoms with E-state index in [1.54, 1.807) is 19.2 Å². The quantitative estimate of drug-likeness (QED) is 0.775. The predicted octanol–water partition coefficient (Wildman–Crippen LogP) is 1.30. The zero-order valence-corrected chi connectivity index (χ0v) is 10.9. The van der Waals surface area contributed by atoms with E-state index in [1.165, 1.54) is 14.2 Å². The van der Waals surface area contributed by atoms with Crippen molar-refractivity contribution in [2.75, 3.05) is 21.3 Å². The monoisotopic (exact) mass is 254 g/mol. The van der Waals surface area contributed by atoms with E-state index in [2.05, 4.69) is 4.74 Å². The Balaban J connectivity index is 3.03. The van der Waals surface area contributed by atoms with Crippen molar-refractivity contribution in [1.82, 2.24) is 0 Å². The molecule has 0 amide bonds. The van der Waals surface area contributed by atoms with Crippen molar-refractivity contribution in [2.45, 2.75) is 19.4 Å². The summed E-state index contributed by atoms with van der Waals surface area (Å²) in [4.78, 5) is 11.2. The van der Waals surface area contributed by atoms with Gasteiger partial charge in [0.05, 0.1) is 27.9 Å². The van der Waals surface area contributed by atoms with E-state index in [1.807, 2.05) is 0 Å². The highest BCUT2D eigenvalue weighted by atomic mass is 16.5. The summed E-state index contributed by atoms with van der Waals surface area (Å²) in [5.74, 6) is 0.914. The number of rotatable bonds is 6. The Labute approximate surface area is 106 Å². The molecule has 0 radical (unpaired) electrons. The number of hydrogen-bond acceptors (Lipinski definition) is 5. The second-order valence-electron chi connectivity index (χ2n) is 3.70. The number of benzene rings is 1. The lowest BCUT2D eigenvalue weighted by Gasteiger charge is -2.14. The van der Waals surface area contributed by atoms with Crippen LogP contribution < -0.4 is 9.47 Å². The fourth-order valence-corrected chi connectivity index (χ4v) is 1.73. The average molecular weight is 254 g/mol. The zero-order valence-electron chi connectivity index (χ0n) is 10.9. The average Bonchev–Trinajstić information content (AvgIpc) is 2.43. The number of carbonyl (C=O) groups excluding carboxylic acids is 1. The Kier molecular flexibility index (Phi) is 5.45. The van der Waals surface area contributed by atoms with Crippen molar-refractivity contribution in [1.29, 1.82) is 0 Å². The highest BCUT2D eigenvalue weighted by Gasteiger charge is 2.13. The third-order valence-electron chi connectivity index (χ3n) is 2.71. The lowest BCUT2D eigenvalue weighted by molar-refractivity contribution is -0.140. The molecule has 0 saturated carbocycles. The van der Waals surface area contributed by atoms with E-state index in [-0.39, 0.29) is 19.0 Å². The molecule has 0 aliphatic carbocycles. The van der Waals surface area contributed by atoms with Gasteiger partial charge >= 0.3 is 5.97 Å². The second kappa shape index (κ2) is 6.86. The third-order valence-corrected chi connectivity index (χ3v) is 2.71. The maximum atomic E-state index is 11.2. The Morgan fingerprint density at radius 3 is 2.44 bits per heavy atom. The zero-order chi connectivity index (χ0) is 13.5. The Morgan fingerprint density at radius 2 is 1.94 bits per heavy atom. The lowest BCUT2D eigenvalue weighted by Crippen LogP contribution is -2.06. The molecule has 5 nitrogen and oxygen atoms in total. The van der Waals surface area contributed by atoms with Crippen LogP contribution in [0.3, 0.4) is 0 Å². The highest BCUT2D eigenvalue weighted by Crippen LogP contribution is 2.30. The molecule has 0 saturated heterocycles. The minimum absolute atomic E-state index is 0.135. The number of ether oxygens (including phenoxy) is 3. The van der Waals surface area contributed by atoms with Gasteiger partial charge < -0.3 is 19.3 Å². The van der Waals surface area contributed by atoms with E-state index >= 15 is 0 Å². The minimum Gasteiger partial charge on any atom is -0.497 e. The van der Waals surface area contributed by atoms with Crippen LogP contribution in [-0.4, -0.2) is 32.4 Å². The van der Waals surface area contributed by atoms with Gasteiger partial charge in [0.1, 0.15) is 11.5 Å². The molecule has 0 aliphatic rings. The summed E-state index contributed by atoms with van der Waals surface area (Å²) >= 11 is 0. The second-order valence-corrected chi connectivity index (χ2v) is 3.70. The molecule has 0 heterocycles. The first kappa shape index (κ1) is 14.3. The van der Waals surface area contributed by atoms with Gasteiger partial charge in [-0.1, -0.05) is 0 Å². The first-order valence-electron chi connectivity index (χ1n) is 5.57. The van der Waals surface area contributed by atoms with Crippen LogP contribution in [0.25, 0.3) is 0 Å². The molecule has 18 heavy (non-hydrogen) atoms. The molecule has 1 rings (SSSR count). The van der Waals surface area contributed by atoms with Gasteiger partial charge in [-0.25, -0.2) is 0 Å². The van der Waals surface area contributed by atoms with E-state index in [0.717, 1.165) is 5.56 Å². The maximum Gasteiger partial charge on any atom is 0.305 e. The molecular weight excluding hydrogens is 236 g/mol. The van der Waals surface area contributed by atoms with Crippen LogP contribution in [0.5, 0.6) is 11.5 Å². The molecule has 0 bridgehead atoms. The van der Waals surface area contributed by atoms with Crippen molar-refractivity contribution in [3.05, 3.63) is 23.3 Å². The molecule has 0 spiro atoms. The summed E-state index contributed by atoms with van der Waals surface area (Å²) in [7, 11) is 4.43. The molecule has 5 heteroatoms. The largest absolute Gasteiger partial charge is 0.497 e. The highest BCUT2D eigenvalue weighted by molar-refractivity contribution is 5.69. The molecule has 1 aromatic carbocycles. The fourth-order valence-electron chi connectivity index (χ4n) is 1.73. The van der Waals surface area contributed by atoms with Crippen molar-refractivity contribution in [3.63, 3.8) is 0 Å². The van der Waals surface area contributed by atoms with E-state index in [4.69, 9.17) is 9.47 Å². The van der Waals surface area contributed by atoms with E-state index in [9.17, 15) is 9.90 Å². The van der Waals surface area contributed by atoms with Gasteiger partial charge in [-0.15, -0.1) is 0 Å². The van der Waals surface area contributed by atoms with Gasteiger partial charge in [-0.3, -0.25) is 4.79 Å². The molecule has 0 fully saturated rings. The third kappa shape index (κ3) is 3.37. The van der Waals surface area contributed by atoms with Crippen molar-refractivity contribution >= 4 is 5.97 Å². The minimum atomic E-state index is -0.295. The number of aliphatic hydroxyl groups is 1. The Morgan fingerprint density at radius 1 is 1.22 bits per heavy atom. The molecule has 0 aromatic heterocycles. The van der Waals surface area contributed by atoms with Gasteiger partial charge in [-0.05, 0) is 18.1 Å². The Bertz CT molecular complexity index is 389. The summed E-state index contributed by atoms with van der Waals surface area (Å²) in [6.07, 6.45) is 0.696. The summed E-state index contributed by atoms with van der Waals surface area (Å²) in [6.45, 7) is -0.135. The van der Waals surface area contributed by atoms with Crippen LogP contribution in [-0.2, 0) is 22.6 Å². The number of aliphatic hydroxyl groups excluding tert-OH is 1. The van der Waals surface area contributed by atoms with Crippen LogP contribution in [0, 0.1) is 0 Å². The van der Waals surface area contributed by atoms with Crippen LogP contribution >= 0.6 is 0 Å². The summed E-state index contributed by atoms with van der Waals surface area (Å²) in [5, 5.41) is 9.35. The normalized spacial score (nSPS) is 10.0. The van der Waals surface area contributed by atoms with Gasteiger partial charge in [0.2, 0.25) is 0 Å². The van der Waals surface area contributed by atoms with Crippen LogP contribution in [0.2, 0.25) is 0 Å². The molecule has 0 aliphatic heterocycles.